The zero-order valence-corrected chi connectivity index (χ0v) is 15.0. The van der Waals surface area contributed by atoms with E-state index in [0.29, 0.717) is 12.4 Å². The summed E-state index contributed by atoms with van der Waals surface area (Å²) in [4.78, 5) is 14.7. The zero-order chi connectivity index (χ0) is 18.4. The third kappa shape index (κ3) is 5.05. The molecule has 1 aliphatic heterocycles. The number of rotatable bonds is 7. The summed E-state index contributed by atoms with van der Waals surface area (Å²) in [7, 11) is 0. The highest BCUT2D eigenvalue weighted by atomic mass is 19.1. The third-order valence-corrected chi connectivity index (χ3v) is 4.66. The van der Waals surface area contributed by atoms with Gasteiger partial charge in [0.15, 0.2) is 0 Å². The fourth-order valence-electron chi connectivity index (χ4n) is 3.11. The van der Waals surface area contributed by atoms with Crippen LogP contribution in [0.2, 0.25) is 0 Å². The monoisotopic (exact) mass is 360 g/mol. The molecular formula is C19H25FN4O2. The molecule has 1 amide bonds. The predicted molar refractivity (Wildman–Crippen MR) is 97.6 cm³/mol. The number of carbonyl (C=O) groups excluding carboxylic acids is 1. The van der Waals surface area contributed by atoms with Crippen LogP contribution in [0.5, 0.6) is 5.75 Å². The molecule has 0 spiro atoms. The Balaban J connectivity index is 1.37. The maximum atomic E-state index is 13.1. The van der Waals surface area contributed by atoms with Gasteiger partial charge in [-0.15, -0.1) is 0 Å². The number of aromatic nitrogens is 2. The summed E-state index contributed by atoms with van der Waals surface area (Å²) in [6, 6.07) is 6.17. The Morgan fingerprint density at radius 2 is 2.19 bits per heavy atom. The van der Waals surface area contributed by atoms with Gasteiger partial charge in [-0.1, -0.05) is 6.07 Å². The van der Waals surface area contributed by atoms with Crippen molar-refractivity contribution >= 4 is 11.6 Å². The molecule has 0 bridgehead atoms. The van der Waals surface area contributed by atoms with E-state index in [2.05, 4.69) is 15.3 Å². The van der Waals surface area contributed by atoms with Gasteiger partial charge in [0.05, 0.1) is 11.9 Å². The fraction of sp³-hybridized carbons (Fsp3) is 0.474. The molecule has 1 saturated heterocycles. The number of aryl methyl sites for hydroxylation is 1. The van der Waals surface area contributed by atoms with Crippen LogP contribution < -0.4 is 10.1 Å². The van der Waals surface area contributed by atoms with Crippen LogP contribution in [0.4, 0.5) is 10.1 Å². The summed E-state index contributed by atoms with van der Waals surface area (Å²) in [5.41, 5.74) is 0.753. The summed E-state index contributed by atoms with van der Waals surface area (Å²) < 4.78 is 20.5. The van der Waals surface area contributed by atoms with Crippen molar-refractivity contribution in [3.8, 4) is 5.75 Å². The van der Waals surface area contributed by atoms with Crippen LogP contribution in [-0.4, -0.2) is 46.8 Å². The Labute approximate surface area is 152 Å². The number of piperidine rings is 1. The van der Waals surface area contributed by atoms with E-state index >= 15 is 0 Å². The molecule has 0 aliphatic carbocycles. The van der Waals surface area contributed by atoms with Crippen molar-refractivity contribution in [1.82, 2.24) is 14.7 Å². The molecule has 0 radical (unpaired) electrons. The van der Waals surface area contributed by atoms with E-state index < -0.39 is 0 Å². The number of benzene rings is 1. The van der Waals surface area contributed by atoms with Gasteiger partial charge in [-0.2, -0.15) is 5.10 Å². The molecule has 0 atom stereocenters. The van der Waals surface area contributed by atoms with Crippen LogP contribution in [0.1, 0.15) is 19.8 Å². The number of ether oxygens (including phenoxy) is 1. The highest BCUT2D eigenvalue weighted by Crippen LogP contribution is 2.19. The second-order valence-corrected chi connectivity index (χ2v) is 6.50. The molecule has 2 heterocycles. The highest BCUT2D eigenvalue weighted by Gasteiger charge is 2.25. The number of hydrogen-bond acceptors (Lipinski definition) is 4. The Hall–Kier alpha value is -2.41. The molecule has 1 N–H and O–H groups in total. The maximum Gasteiger partial charge on any atom is 0.227 e. The Morgan fingerprint density at radius 3 is 2.88 bits per heavy atom. The second kappa shape index (κ2) is 8.80. The number of hydrogen-bond donors (Lipinski definition) is 1. The van der Waals surface area contributed by atoms with Crippen LogP contribution in [0.15, 0.2) is 36.7 Å². The van der Waals surface area contributed by atoms with E-state index in [1.165, 1.54) is 12.1 Å². The van der Waals surface area contributed by atoms with Crippen molar-refractivity contribution < 1.29 is 13.9 Å². The van der Waals surface area contributed by atoms with Gasteiger partial charge in [0, 0.05) is 31.3 Å². The third-order valence-electron chi connectivity index (χ3n) is 4.66. The van der Waals surface area contributed by atoms with Gasteiger partial charge in [-0.3, -0.25) is 14.4 Å². The number of nitrogens with one attached hydrogen (secondary N) is 1. The van der Waals surface area contributed by atoms with Crippen LogP contribution in [-0.2, 0) is 11.3 Å². The molecule has 1 aromatic carbocycles. The second-order valence-electron chi connectivity index (χ2n) is 6.50. The van der Waals surface area contributed by atoms with Crippen molar-refractivity contribution in [2.75, 3.05) is 31.6 Å². The van der Waals surface area contributed by atoms with Gasteiger partial charge in [-0.25, -0.2) is 4.39 Å². The minimum absolute atomic E-state index is 0.0281. The largest absolute Gasteiger partial charge is 0.492 e. The van der Waals surface area contributed by atoms with E-state index in [0.717, 1.165) is 44.7 Å². The van der Waals surface area contributed by atoms with Gasteiger partial charge in [-0.05, 0) is 45.0 Å². The lowest BCUT2D eigenvalue weighted by Gasteiger charge is -2.31. The van der Waals surface area contributed by atoms with Crippen LogP contribution in [0, 0.1) is 11.7 Å². The summed E-state index contributed by atoms with van der Waals surface area (Å²) in [6.07, 6.45) is 5.18. The molecule has 1 aliphatic rings. The van der Waals surface area contributed by atoms with E-state index in [-0.39, 0.29) is 17.6 Å². The molecule has 2 aromatic rings. The van der Waals surface area contributed by atoms with Crippen molar-refractivity contribution in [3.05, 3.63) is 42.5 Å². The highest BCUT2D eigenvalue weighted by molar-refractivity contribution is 5.92. The minimum atomic E-state index is -0.293. The first-order chi connectivity index (χ1) is 12.6. The summed E-state index contributed by atoms with van der Waals surface area (Å²) in [5.74, 6) is 0.349. The molecule has 140 valence electrons. The topological polar surface area (TPSA) is 59.4 Å². The first kappa shape index (κ1) is 18.4. The molecule has 1 aromatic heterocycles. The average Bonchev–Trinajstić information content (AvgIpc) is 3.10. The molecule has 0 unspecified atom stereocenters. The Morgan fingerprint density at radius 1 is 1.38 bits per heavy atom. The number of nitrogens with zero attached hydrogens (tertiary/aromatic N) is 3. The Kier molecular flexibility index (Phi) is 6.22. The van der Waals surface area contributed by atoms with E-state index in [1.54, 1.807) is 23.0 Å². The van der Waals surface area contributed by atoms with Crippen molar-refractivity contribution in [2.45, 2.75) is 26.3 Å². The molecule has 0 saturated carbocycles. The van der Waals surface area contributed by atoms with Crippen molar-refractivity contribution in [2.24, 2.45) is 5.92 Å². The van der Waals surface area contributed by atoms with Gasteiger partial charge < -0.3 is 10.1 Å². The zero-order valence-electron chi connectivity index (χ0n) is 15.0. The molecule has 3 rings (SSSR count). The summed E-state index contributed by atoms with van der Waals surface area (Å²) in [6.45, 7) is 5.79. The summed E-state index contributed by atoms with van der Waals surface area (Å²) in [5, 5.41) is 7.12. The predicted octanol–water partition coefficient (Wildman–Crippen LogP) is 2.77. The standard InChI is InChI=1S/C19H25FN4O2/c1-2-24-14-17(13-21-24)22-19(25)15-6-8-23(9-7-15)10-11-26-18-5-3-4-16(20)12-18/h3-5,12-15H,2,6-11H2,1H3,(H,22,25). The van der Waals surface area contributed by atoms with Gasteiger partial charge in [0.2, 0.25) is 5.91 Å². The lowest BCUT2D eigenvalue weighted by Crippen LogP contribution is -2.39. The first-order valence-electron chi connectivity index (χ1n) is 9.08. The van der Waals surface area contributed by atoms with E-state index in [1.807, 2.05) is 13.1 Å². The van der Waals surface area contributed by atoms with Crippen LogP contribution in [0.3, 0.4) is 0 Å². The normalized spacial score (nSPS) is 15.8. The van der Waals surface area contributed by atoms with Crippen LogP contribution >= 0.6 is 0 Å². The van der Waals surface area contributed by atoms with Gasteiger partial charge >= 0.3 is 0 Å². The van der Waals surface area contributed by atoms with E-state index in [4.69, 9.17) is 4.74 Å². The molecule has 1 fully saturated rings. The molecule has 6 nitrogen and oxygen atoms in total. The molecular weight excluding hydrogens is 335 g/mol. The first-order valence-corrected chi connectivity index (χ1v) is 9.08. The van der Waals surface area contributed by atoms with Crippen molar-refractivity contribution in [3.63, 3.8) is 0 Å². The van der Waals surface area contributed by atoms with Gasteiger partial charge in [0.25, 0.3) is 0 Å². The molecule has 7 heteroatoms. The summed E-state index contributed by atoms with van der Waals surface area (Å²) >= 11 is 0. The Bertz CT molecular complexity index is 726. The maximum absolute atomic E-state index is 13.1. The van der Waals surface area contributed by atoms with Gasteiger partial charge in [0.1, 0.15) is 18.2 Å². The minimum Gasteiger partial charge on any atom is -0.492 e. The number of carbonyl (C=O) groups is 1. The lowest BCUT2D eigenvalue weighted by atomic mass is 9.96. The van der Waals surface area contributed by atoms with Crippen molar-refractivity contribution in [1.29, 1.82) is 0 Å². The number of likely N-dealkylation sites (tertiary alicyclic amines) is 1. The smallest absolute Gasteiger partial charge is 0.227 e. The number of anilines is 1. The average molecular weight is 360 g/mol. The SMILES string of the molecule is CCn1cc(NC(=O)C2CCN(CCOc3cccc(F)c3)CC2)cn1. The number of amides is 1. The molecule has 26 heavy (non-hydrogen) atoms. The lowest BCUT2D eigenvalue weighted by molar-refractivity contribution is -0.121. The number of halogens is 1. The quantitative estimate of drug-likeness (QED) is 0.825. The van der Waals surface area contributed by atoms with Crippen LogP contribution in [0.25, 0.3) is 0 Å². The van der Waals surface area contributed by atoms with E-state index in [9.17, 15) is 9.18 Å². The fourth-order valence-corrected chi connectivity index (χ4v) is 3.11.